The molecule has 1 unspecified atom stereocenters. The molecule has 0 saturated carbocycles. The fourth-order valence-corrected chi connectivity index (χ4v) is 1.49. The second kappa shape index (κ2) is 4.55. The first kappa shape index (κ1) is 11.6. The number of methoxy groups -OCH3 is 1. The normalized spacial score (nSPS) is 12.5. The smallest absolute Gasteiger partial charge is 0.258 e. The number of rotatable bonds is 3. The molecule has 5 nitrogen and oxygen atoms in total. The quantitative estimate of drug-likeness (QED) is 0.878. The lowest BCUT2D eigenvalue weighted by Gasteiger charge is -2.04. The largest absolute Gasteiger partial charge is 0.496 e. The van der Waals surface area contributed by atoms with E-state index >= 15 is 0 Å². The Morgan fingerprint density at radius 2 is 2.18 bits per heavy atom. The summed E-state index contributed by atoms with van der Waals surface area (Å²) < 4.78 is 10.4. The van der Waals surface area contributed by atoms with Gasteiger partial charge in [-0.15, -0.1) is 0 Å². The molecule has 2 rings (SSSR count). The van der Waals surface area contributed by atoms with Crippen molar-refractivity contribution in [2.75, 3.05) is 7.11 Å². The van der Waals surface area contributed by atoms with Gasteiger partial charge in [-0.05, 0) is 31.5 Å². The highest BCUT2D eigenvalue weighted by Gasteiger charge is 2.12. The fourth-order valence-electron chi connectivity index (χ4n) is 1.49. The van der Waals surface area contributed by atoms with Gasteiger partial charge in [0, 0.05) is 5.56 Å². The zero-order valence-electron chi connectivity index (χ0n) is 10.1. The maximum Gasteiger partial charge on any atom is 0.258 e. The van der Waals surface area contributed by atoms with E-state index < -0.39 is 0 Å². The Kier molecular flexibility index (Phi) is 3.10. The van der Waals surface area contributed by atoms with Crippen molar-refractivity contribution >= 4 is 0 Å². The van der Waals surface area contributed by atoms with Gasteiger partial charge in [0.1, 0.15) is 5.75 Å². The maximum absolute atomic E-state index is 5.68. The van der Waals surface area contributed by atoms with Gasteiger partial charge in [-0.25, -0.2) is 0 Å². The van der Waals surface area contributed by atoms with Crippen LogP contribution in [0.25, 0.3) is 11.5 Å². The SMILES string of the molecule is COc1cc(-c2nc(C(C)N)no2)ccc1C. The van der Waals surface area contributed by atoms with Gasteiger partial charge in [0.2, 0.25) is 0 Å². The number of nitrogens with zero attached hydrogens (tertiary/aromatic N) is 2. The summed E-state index contributed by atoms with van der Waals surface area (Å²) in [5.41, 5.74) is 7.56. The minimum atomic E-state index is -0.236. The van der Waals surface area contributed by atoms with Crippen LogP contribution < -0.4 is 10.5 Å². The predicted octanol–water partition coefficient (Wildman–Crippen LogP) is 2.07. The number of hydrogen-bond acceptors (Lipinski definition) is 5. The van der Waals surface area contributed by atoms with Crippen LogP contribution >= 0.6 is 0 Å². The first-order valence-electron chi connectivity index (χ1n) is 5.36. The fraction of sp³-hybridized carbons (Fsp3) is 0.333. The summed E-state index contributed by atoms with van der Waals surface area (Å²) in [5.74, 6) is 1.75. The van der Waals surface area contributed by atoms with Crippen LogP contribution in [-0.4, -0.2) is 17.3 Å². The van der Waals surface area contributed by atoms with Gasteiger partial charge < -0.3 is 15.0 Å². The number of aryl methyl sites for hydroxylation is 1. The van der Waals surface area contributed by atoms with Gasteiger partial charge in [0.05, 0.1) is 13.2 Å². The Labute approximate surface area is 99.6 Å². The van der Waals surface area contributed by atoms with E-state index in [-0.39, 0.29) is 6.04 Å². The summed E-state index contributed by atoms with van der Waals surface area (Å²) >= 11 is 0. The number of ether oxygens (including phenoxy) is 1. The number of nitrogens with two attached hydrogens (primary N) is 1. The van der Waals surface area contributed by atoms with Crippen molar-refractivity contribution in [2.24, 2.45) is 5.73 Å². The Morgan fingerprint density at radius 3 is 2.76 bits per heavy atom. The number of aromatic nitrogens is 2. The zero-order chi connectivity index (χ0) is 12.4. The van der Waals surface area contributed by atoms with Crippen molar-refractivity contribution < 1.29 is 9.26 Å². The summed E-state index contributed by atoms with van der Waals surface area (Å²) in [6.45, 7) is 3.79. The first-order valence-corrected chi connectivity index (χ1v) is 5.36. The van der Waals surface area contributed by atoms with Crippen LogP contribution in [0.2, 0.25) is 0 Å². The number of benzene rings is 1. The Morgan fingerprint density at radius 1 is 1.41 bits per heavy atom. The summed E-state index contributed by atoms with van der Waals surface area (Å²) in [7, 11) is 1.63. The molecule has 0 saturated heterocycles. The molecule has 90 valence electrons. The van der Waals surface area contributed by atoms with Gasteiger partial charge in [0.25, 0.3) is 5.89 Å². The van der Waals surface area contributed by atoms with Crippen molar-refractivity contribution in [1.29, 1.82) is 0 Å². The second-order valence-electron chi connectivity index (χ2n) is 3.93. The third-order valence-corrected chi connectivity index (χ3v) is 2.50. The minimum absolute atomic E-state index is 0.236. The van der Waals surface area contributed by atoms with E-state index in [9.17, 15) is 0 Å². The Balaban J connectivity index is 2.38. The molecule has 1 aromatic carbocycles. The molecule has 2 aromatic rings. The topological polar surface area (TPSA) is 74.2 Å². The Hall–Kier alpha value is -1.88. The maximum atomic E-state index is 5.68. The van der Waals surface area contributed by atoms with E-state index in [1.807, 2.05) is 32.0 Å². The average Bonchev–Trinajstić information content (AvgIpc) is 2.79. The molecule has 0 radical (unpaired) electrons. The van der Waals surface area contributed by atoms with Crippen molar-refractivity contribution in [3.8, 4) is 17.2 Å². The molecular formula is C12H15N3O2. The third-order valence-electron chi connectivity index (χ3n) is 2.50. The van der Waals surface area contributed by atoms with E-state index in [0.717, 1.165) is 16.9 Å². The molecule has 0 bridgehead atoms. The molecule has 1 aromatic heterocycles. The lowest BCUT2D eigenvalue weighted by atomic mass is 10.1. The standard InChI is InChI=1S/C12H15N3O2/c1-7-4-5-9(6-10(7)16-3)12-14-11(8(2)13)15-17-12/h4-6,8H,13H2,1-3H3. The van der Waals surface area contributed by atoms with Crippen LogP contribution in [0.1, 0.15) is 24.4 Å². The van der Waals surface area contributed by atoms with Crippen molar-refractivity contribution in [2.45, 2.75) is 19.9 Å². The van der Waals surface area contributed by atoms with Crippen molar-refractivity contribution in [1.82, 2.24) is 10.1 Å². The highest BCUT2D eigenvalue weighted by Crippen LogP contribution is 2.26. The van der Waals surface area contributed by atoms with E-state index in [2.05, 4.69) is 10.1 Å². The van der Waals surface area contributed by atoms with Gasteiger partial charge in [-0.2, -0.15) is 4.98 Å². The molecule has 2 N–H and O–H groups in total. The van der Waals surface area contributed by atoms with Crippen molar-refractivity contribution in [3.05, 3.63) is 29.6 Å². The molecule has 17 heavy (non-hydrogen) atoms. The van der Waals surface area contributed by atoms with Gasteiger partial charge in [-0.1, -0.05) is 11.2 Å². The van der Waals surface area contributed by atoms with E-state index in [1.165, 1.54) is 0 Å². The van der Waals surface area contributed by atoms with Gasteiger partial charge >= 0.3 is 0 Å². The molecule has 0 amide bonds. The molecule has 0 aliphatic rings. The predicted molar refractivity (Wildman–Crippen MR) is 63.6 cm³/mol. The summed E-state index contributed by atoms with van der Waals surface area (Å²) in [6.07, 6.45) is 0. The molecular weight excluding hydrogens is 218 g/mol. The highest BCUT2D eigenvalue weighted by atomic mass is 16.5. The zero-order valence-corrected chi connectivity index (χ0v) is 10.1. The van der Waals surface area contributed by atoms with Crippen LogP contribution in [0, 0.1) is 6.92 Å². The van der Waals surface area contributed by atoms with Gasteiger partial charge in [-0.3, -0.25) is 0 Å². The lowest BCUT2D eigenvalue weighted by Crippen LogP contribution is -2.06. The molecule has 5 heteroatoms. The minimum Gasteiger partial charge on any atom is -0.496 e. The van der Waals surface area contributed by atoms with Crippen LogP contribution in [0.15, 0.2) is 22.7 Å². The third kappa shape index (κ3) is 2.29. The number of hydrogen-bond donors (Lipinski definition) is 1. The average molecular weight is 233 g/mol. The molecule has 0 fully saturated rings. The summed E-state index contributed by atoms with van der Waals surface area (Å²) in [5, 5.41) is 3.82. The van der Waals surface area contributed by atoms with Crippen molar-refractivity contribution in [3.63, 3.8) is 0 Å². The Bertz CT molecular complexity index is 520. The van der Waals surface area contributed by atoms with E-state index in [4.69, 9.17) is 15.0 Å². The molecule has 1 heterocycles. The van der Waals surface area contributed by atoms with Crippen LogP contribution in [0.3, 0.4) is 0 Å². The summed E-state index contributed by atoms with van der Waals surface area (Å²) in [6, 6.07) is 5.49. The second-order valence-corrected chi connectivity index (χ2v) is 3.93. The first-order chi connectivity index (χ1) is 8.11. The molecule has 0 aliphatic heterocycles. The van der Waals surface area contributed by atoms with Gasteiger partial charge in [0.15, 0.2) is 5.82 Å². The van der Waals surface area contributed by atoms with Crippen LogP contribution in [-0.2, 0) is 0 Å². The molecule has 0 spiro atoms. The van der Waals surface area contributed by atoms with Crippen LogP contribution in [0.4, 0.5) is 0 Å². The van der Waals surface area contributed by atoms with E-state index in [0.29, 0.717) is 11.7 Å². The summed E-state index contributed by atoms with van der Waals surface area (Å²) in [4.78, 5) is 4.23. The van der Waals surface area contributed by atoms with E-state index in [1.54, 1.807) is 7.11 Å². The molecule has 0 aliphatic carbocycles. The monoisotopic (exact) mass is 233 g/mol. The lowest BCUT2D eigenvalue weighted by molar-refractivity contribution is 0.408. The van der Waals surface area contributed by atoms with Crippen LogP contribution in [0.5, 0.6) is 5.75 Å². The highest BCUT2D eigenvalue weighted by molar-refractivity contribution is 5.57. The molecule has 1 atom stereocenters.